The van der Waals surface area contributed by atoms with Crippen LogP contribution in [0.25, 0.3) is 0 Å². The van der Waals surface area contributed by atoms with E-state index in [1.807, 2.05) is 6.92 Å². The monoisotopic (exact) mass is 528 g/mol. The highest BCUT2D eigenvalue weighted by atomic mass is 16.7. The largest absolute Gasteiger partial charge is 0.435 e. The molecule has 212 valence electrons. The van der Waals surface area contributed by atoms with Gasteiger partial charge in [-0.1, -0.05) is 19.0 Å². The van der Waals surface area contributed by atoms with Crippen LogP contribution < -0.4 is 10.6 Å². The van der Waals surface area contributed by atoms with Crippen molar-refractivity contribution in [2.75, 3.05) is 20.6 Å². The topological polar surface area (TPSA) is 100 Å². The van der Waals surface area contributed by atoms with Crippen LogP contribution in [-0.2, 0) is 14.4 Å². The van der Waals surface area contributed by atoms with E-state index in [0.717, 1.165) is 56.1 Å². The maximum atomic E-state index is 12.7. The third-order valence-corrected chi connectivity index (χ3v) is 11.9. The molecule has 5 fully saturated rings. The Morgan fingerprint density at radius 1 is 1.05 bits per heavy atom. The molecule has 9 atom stereocenters. The third kappa shape index (κ3) is 4.79. The highest BCUT2D eigenvalue weighted by molar-refractivity contribution is 5.86. The number of fused-ring (bicyclic) bond motifs is 5. The van der Waals surface area contributed by atoms with Gasteiger partial charge in [-0.15, -0.1) is 0 Å². The zero-order valence-corrected chi connectivity index (χ0v) is 24.1. The van der Waals surface area contributed by atoms with Crippen LogP contribution in [-0.4, -0.2) is 61.1 Å². The van der Waals surface area contributed by atoms with Crippen molar-refractivity contribution in [1.29, 1.82) is 0 Å². The summed E-state index contributed by atoms with van der Waals surface area (Å²) >= 11 is 0. The summed E-state index contributed by atoms with van der Waals surface area (Å²) in [4.78, 5) is 43.8. The first kappa shape index (κ1) is 27.6. The molecule has 0 bridgehead atoms. The second kappa shape index (κ2) is 10.5. The summed E-state index contributed by atoms with van der Waals surface area (Å²) in [5.74, 6) is 3.56. The number of amides is 2. The zero-order valence-electron chi connectivity index (χ0n) is 24.1. The van der Waals surface area contributed by atoms with Gasteiger partial charge in [0.15, 0.2) is 0 Å². The van der Waals surface area contributed by atoms with Gasteiger partial charge < -0.3 is 15.5 Å². The SMILES string of the molecule is CNC(=O)C1CCC(CN(C)C(=O)O/N=C(\C)[C@H]2CC[C@H]3[C@@H]4CC[C@@H]5CC(=O)CC[C@]5(C)[C@H]4CC[C@]23C)N1. The minimum Gasteiger partial charge on any atom is -0.358 e. The molecule has 2 unspecified atom stereocenters. The van der Waals surface area contributed by atoms with Crippen molar-refractivity contribution in [3.63, 3.8) is 0 Å². The molecule has 4 aliphatic carbocycles. The van der Waals surface area contributed by atoms with Crippen LogP contribution in [0.15, 0.2) is 5.16 Å². The quantitative estimate of drug-likeness (QED) is 0.310. The van der Waals surface area contributed by atoms with Crippen LogP contribution in [0.5, 0.6) is 0 Å². The van der Waals surface area contributed by atoms with Gasteiger partial charge in [-0.25, -0.2) is 4.79 Å². The van der Waals surface area contributed by atoms with Crippen molar-refractivity contribution in [1.82, 2.24) is 15.5 Å². The summed E-state index contributed by atoms with van der Waals surface area (Å²) in [6, 6.07) is -0.122. The molecule has 0 radical (unpaired) electrons. The van der Waals surface area contributed by atoms with Crippen LogP contribution in [0.1, 0.15) is 91.4 Å². The fraction of sp³-hybridized carbons (Fsp3) is 0.867. The van der Waals surface area contributed by atoms with Crippen LogP contribution in [0.2, 0.25) is 0 Å². The molecule has 0 spiro atoms. The first-order valence-corrected chi connectivity index (χ1v) is 15.0. The lowest BCUT2D eigenvalue weighted by molar-refractivity contribution is -0.138. The van der Waals surface area contributed by atoms with Gasteiger partial charge in [0.25, 0.3) is 0 Å². The highest BCUT2D eigenvalue weighted by Gasteiger charge is 2.60. The lowest BCUT2D eigenvalue weighted by Crippen LogP contribution is -2.53. The predicted molar refractivity (Wildman–Crippen MR) is 146 cm³/mol. The van der Waals surface area contributed by atoms with Gasteiger partial charge in [-0.05, 0) is 99.2 Å². The number of nitrogens with zero attached hydrogens (tertiary/aromatic N) is 2. The third-order valence-electron chi connectivity index (χ3n) is 11.9. The highest BCUT2D eigenvalue weighted by Crippen LogP contribution is 2.67. The van der Waals surface area contributed by atoms with Gasteiger partial charge in [0, 0.05) is 45.4 Å². The summed E-state index contributed by atoms with van der Waals surface area (Å²) in [5, 5.41) is 10.4. The maximum Gasteiger partial charge on any atom is 0.435 e. The Hall–Kier alpha value is -1.96. The minimum atomic E-state index is -0.448. The zero-order chi connectivity index (χ0) is 27.2. The minimum absolute atomic E-state index is 0.00802. The van der Waals surface area contributed by atoms with E-state index in [0.29, 0.717) is 35.5 Å². The van der Waals surface area contributed by atoms with Crippen LogP contribution >= 0.6 is 0 Å². The van der Waals surface area contributed by atoms with Crippen LogP contribution in [0, 0.1) is 40.4 Å². The van der Waals surface area contributed by atoms with Gasteiger partial charge >= 0.3 is 6.09 Å². The number of carbonyl (C=O) groups is 3. The van der Waals surface area contributed by atoms with Gasteiger partial charge in [-0.2, -0.15) is 0 Å². The number of oxime groups is 1. The molecule has 8 heteroatoms. The average molecular weight is 529 g/mol. The number of hydrogen-bond acceptors (Lipinski definition) is 6. The summed E-state index contributed by atoms with van der Waals surface area (Å²) in [6.45, 7) is 7.48. The summed E-state index contributed by atoms with van der Waals surface area (Å²) in [7, 11) is 3.37. The fourth-order valence-electron chi connectivity index (χ4n) is 9.73. The van der Waals surface area contributed by atoms with Crippen LogP contribution in [0.3, 0.4) is 0 Å². The van der Waals surface area contributed by atoms with Crippen molar-refractivity contribution in [2.45, 2.75) is 103 Å². The van der Waals surface area contributed by atoms with E-state index < -0.39 is 6.09 Å². The fourth-order valence-corrected chi connectivity index (χ4v) is 9.73. The molecule has 0 aromatic rings. The van der Waals surface area contributed by atoms with Crippen molar-refractivity contribution in [3.05, 3.63) is 0 Å². The first-order valence-electron chi connectivity index (χ1n) is 15.0. The second-order valence-corrected chi connectivity index (χ2v) is 13.7. The number of hydrogen-bond donors (Lipinski definition) is 2. The van der Waals surface area contributed by atoms with E-state index in [1.54, 1.807) is 19.0 Å². The molecule has 38 heavy (non-hydrogen) atoms. The number of rotatable bonds is 5. The number of ketones is 1. The Kier molecular flexibility index (Phi) is 7.66. The number of carbonyl (C=O) groups excluding carboxylic acids is 3. The Balaban J connectivity index is 1.18. The smallest absolute Gasteiger partial charge is 0.358 e. The predicted octanol–water partition coefficient (Wildman–Crippen LogP) is 4.53. The number of Topliss-reactive ketones (excluding diaryl/α,β-unsaturated/α-hetero) is 1. The molecule has 1 heterocycles. The molecular weight excluding hydrogens is 480 g/mol. The molecule has 2 N–H and O–H groups in total. The molecule has 5 rings (SSSR count). The van der Waals surface area contributed by atoms with Crippen LogP contribution in [0.4, 0.5) is 4.79 Å². The second-order valence-electron chi connectivity index (χ2n) is 13.7. The van der Waals surface area contributed by atoms with Crippen molar-refractivity contribution in [2.24, 2.45) is 45.6 Å². The lowest BCUT2D eigenvalue weighted by atomic mass is 9.44. The summed E-state index contributed by atoms with van der Waals surface area (Å²) in [6.07, 6.45) is 11.1. The molecule has 8 nitrogen and oxygen atoms in total. The van der Waals surface area contributed by atoms with E-state index in [1.165, 1.54) is 32.1 Å². The molecule has 1 saturated heterocycles. The molecule has 0 aromatic heterocycles. The van der Waals surface area contributed by atoms with E-state index in [2.05, 4.69) is 29.6 Å². The molecular formula is C30H48N4O4. The Morgan fingerprint density at radius 2 is 1.82 bits per heavy atom. The normalized spacial score (nSPS) is 42.6. The van der Waals surface area contributed by atoms with E-state index >= 15 is 0 Å². The Morgan fingerprint density at radius 3 is 2.58 bits per heavy atom. The molecule has 1 aliphatic heterocycles. The number of likely N-dealkylation sites (N-methyl/N-ethyl adjacent to an activating group) is 2. The summed E-state index contributed by atoms with van der Waals surface area (Å²) in [5.41, 5.74) is 1.47. The molecule has 2 amide bonds. The van der Waals surface area contributed by atoms with Crippen molar-refractivity contribution < 1.29 is 19.2 Å². The molecule has 0 aromatic carbocycles. The Bertz CT molecular complexity index is 983. The van der Waals surface area contributed by atoms with Gasteiger partial charge in [0.2, 0.25) is 5.91 Å². The summed E-state index contributed by atoms with van der Waals surface area (Å²) < 4.78 is 0. The van der Waals surface area contributed by atoms with Gasteiger partial charge in [0.05, 0.1) is 11.8 Å². The molecule has 4 saturated carbocycles. The first-order chi connectivity index (χ1) is 18.1. The molecule has 5 aliphatic rings. The lowest BCUT2D eigenvalue weighted by Gasteiger charge is -2.60. The van der Waals surface area contributed by atoms with Crippen molar-refractivity contribution in [3.8, 4) is 0 Å². The average Bonchev–Trinajstić information content (AvgIpc) is 3.51. The number of nitrogens with one attached hydrogen (secondary N) is 2. The van der Waals surface area contributed by atoms with Gasteiger partial charge in [-0.3, -0.25) is 14.4 Å². The van der Waals surface area contributed by atoms with Crippen molar-refractivity contribution >= 4 is 23.5 Å². The van der Waals surface area contributed by atoms with E-state index in [4.69, 9.17) is 4.84 Å². The van der Waals surface area contributed by atoms with E-state index in [9.17, 15) is 14.4 Å². The standard InChI is InChI=1S/C30H48N4O4/c1-18(33-38-28(37)34(5)17-20-7-11-26(32-20)27(36)31-4)23-9-10-24-22-8-6-19-16-21(35)12-14-29(19,2)25(22)13-15-30(23,24)3/h19-20,22-26,32H,6-17H2,1-5H3,(H,31,36)/b33-18+/t19-,20?,22+,23-,24+,25+,26?,29+,30-/m1/s1. The maximum absolute atomic E-state index is 12.7. The Labute approximate surface area is 228 Å². The van der Waals surface area contributed by atoms with E-state index in [-0.39, 0.29) is 23.4 Å². The van der Waals surface area contributed by atoms with Gasteiger partial charge in [0.1, 0.15) is 5.78 Å².